The molecule has 0 fully saturated rings. The van der Waals surface area contributed by atoms with Crippen LogP contribution in [-0.2, 0) is 19.2 Å². The van der Waals surface area contributed by atoms with E-state index in [0.29, 0.717) is 11.3 Å². The van der Waals surface area contributed by atoms with E-state index in [4.69, 9.17) is 14.2 Å². The summed E-state index contributed by atoms with van der Waals surface area (Å²) in [4.78, 5) is 45.2. The summed E-state index contributed by atoms with van der Waals surface area (Å²) in [6.07, 6.45) is 3.61. The molecule has 0 bridgehead atoms. The molecule has 2 rings (SSSR count). The van der Waals surface area contributed by atoms with E-state index in [1.165, 1.54) is 26.8 Å². The molecule has 156 valence electrons. The third kappa shape index (κ3) is 8.10. The maximum Gasteiger partial charge on any atom is 0.311 e. The summed E-state index contributed by atoms with van der Waals surface area (Å²) < 4.78 is 15.4. The lowest BCUT2D eigenvalue weighted by atomic mass is 10.1. The zero-order chi connectivity index (χ0) is 22.1. The zero-order valence-electron chi connectivity index (χ0n) is 17.0. The molecule has 30 heavy (non-hydrogen) atoms. The van der Waals surface area contributed by atoms with Crippen molar-refractivity contribution in [2.75, 3.05) is 0 Å². The van der Waals surface area contributed by atoms with Crippen LogP contribution in [0, 0.1) is 0 Å². The van der Waals surface area contributed by atoms with E-state index < -0.39 is 17.9 Å². The fourth-order valence-corrected chi connectivity index (χ4v) is 2.44. The van der Waals surface area contributed by atoms with Gasteiger partial charge in [-0.3, -0.25) is 14.4 Å². The lowest BCUT2D eigenvalue weighted by molar-refractivity contribution is -0.136. The Labute approximate surface area is 174 Å². The second-order valence-electron chi connectivity index (χ2n) is 6.50. The molecule has 0 atom stereocenters. The molecule has 0 N–H and O–H groups in total. The van der Waals surface area contributed by atoms with Crippen LogP contribution in [0.2, 0.25) is 0 Å². The quantitative estimate of drug-likeness (QED) is 0.369. The smallest absolute Gasteiger partial charge is 0.311 e. The number of carbonyl (C=O) groups excluding carboxylic acids is 4. The Morgan fingerprint density at radius 3 is 1.77 bits per heavy atom. The molecule has 0 radical (unpaired) electrons. The third-order valence-electron chi connectivity index (χ3n) is 3.69. The van der Waals surface area contributed by atoms with Gasteiger partial charge in [-0.25, -0.2) is 0 Å². The Hall–Kier alpha value is -3.74. The average molecular weight is 410 g/mol. The molecule has 0 amide bonds. The van der Waals surface area contributed by atoms with Gasteiger partial charge in [0.05, 0.1) is 6.42 Å². The number of Topliss-reactive ketones (excluding diaryl/α,β-unsaturated/α-hetero) is 1. The van der Waals surface area contributed by atoms with Crippen LogP contribution in [0.4, 0.5) is 0 Å². The summed E-state index contributed by atoms with van der Waals surface area (Å²) in [5.41, 5.74) is 1.47. The Kier molecular flexibility index (Phi) is 8.05. The van der Waals surface area contributed by atoms with E-state index in [0.717, 1.165) is 5.56 Å². The van der Waals surface area contributed by atoms with Gasteiger partial charge in [-0.2, -0.15) is 0 Å². The minimum Gasteiger partial charge on any atom is -0.427 e. The van der Waals surface area contributed by atoms with E-state index in [1.54, 1.807) is 48.6 Å². The summed E-state index contributed by atoms with van der Waals surface area (Å²) in [5, 5.41) is 0. The molecule has 0 aliphatic carbocycles. The zero-order valence-corrected chi connectivity index (χ0v) is 17.0. The van der Waals surface area contributed by atoms with Crippen molar-refractivity contribution in [3.05, 3.63) is 53.6 Å². The van der Waals surface area contributed by atoms with Crippen molar-refractivity contribution < 1.29 is 33.4 Å². The van der Waals surface area contributed by atoms with Crippen molar-refractivity contribution in [3.8, 4) is 17.2 Å². The standard InChI is InChI=1S/C23H22O7/c1-15(24)4-11-23(27)30-22-13-19(12-21(14-22)29-17(3)26)6-5-18-7-9-20(10-8-18)28-16(2)25/h5-10,12-14H,4,11H2,1-3H3. The minimum atomic E-state index is -0.554. The van der Waals surface area contributed by atoms with Gasteiger partial charge in [0.1, 0.15) is 23.0 Å². The molecule has 0 unspecified atom stereocenters. The summed E-state index contributed by atoms with van der Waals surface area (Å²) in [6, 6.07) is 11.5. The van der Waals surface area contributed by atoms with E-state index in [-0.39, 0.29) is 30.1 Å². The van der Waals surface area contributed by atoms with E-state index in [1.807, 2.05) is 0 Å². The molecule has 0 saturated heterocycles. The van der Waals surface area contributed by atoms with Gasteiger partial charge < -0.3 is 19.0 Å². The van der Waals surface area contributed by atoms with Crippen molar-refractivity contribution in [2.45, 2.75) is 33.6 Å². The molecule has 0 aliphatic heterocycles. The number of carbonyl (C=O) groups is 4. The first kappa shape index (κ1) is 22.5. The highest BCUT2D eigenvalue weighted by atomic mass is 16.5. The summed E-state index contributed by atoms with van der Waals surface area (Å²) in [6.45, 7) is 4.00. The van der Waals surface area contributed by atoms with Crippen LogP contribution >= 0.6 is 0 Å². The van der Waals surface area contributed by atoms with Crippen LogP contribution in [0.15, 0.2) is 42.5 Å². The molecule has 2 aromatic carbocycles. The molecular weight excluding hydrogens is 388 g/mol. The van der Waals surface area contributed by atoms with E-state index >= 15 is 0 Å². The Bertz CT molecular complexity index is 972. The fourth-order valence-electron chi connectivity index (χ4n) is 2.44. The summed E-state index contributed by atoms with van der Waals surface area (Å²) in [5.74, 6) is -0.699. The second-order valence-corrected chi connectivity index (χ2v) is 6.50. The number of hydrogen-bond acceptors (Lipinski definition) is 7. The van der Waals surface area contributed by atoms with Crippen molar-refractivity contribution in [1.82, 2.24) is 0 Å². The van der Waals surface area contributed by atoms with Crippen molar-refractivity contribution >= 4 is 35.8 Å². The SMILES string of the molecule is CC(=O)CCC(=O)Oc1cc(C=Cc2ccc(OC(C)=O)cc2)cc(OC(C)=O)c1. The highest BCUT2D eigenvalue weighted by Crippen LogP contribution is 2.25. The number of ketones is 1. The van der Waals surface area contributed by atoms with Crippen LogP contribution < -0.4 is 14.2 Å². The Morgan fingerprint density at radius 1 is 0.667 bits per heavy atom. The first-order valence-corrected chi connectivity index (χ1v) is 9.21. The summed E-state index contributed by atoms with van der Waals surface area (Å²) in [7, 11) is 0. The molecule has 7 nitrogen and oxygen atoms in total. The lowest BCUT2D eigenvalue weighted by Crippen LogP contribution is -2.10. The minimum absolute atomic E-state index is 0.0347. The van der Waals surface area contributed by atoms with Crippen LogP contribution in [0.3, 0.4) is 0 Å². The number of rotatable bonds is 8. The normalized spacial score (nSPS) is 10.5. The van der Waals surface area contributed by atoms with E-state index in [2.05, 4.69) is 0 Å². The molecular formula is C23H22O7. The highest BCUT2D eigenvalue weighted by molar-refractivity contribution is 5.82. The van der Waals surface area contributed by atoms with Gasteiger partial charge in [-0.05, 0) is 42.3 Å². The molecule has 0 heterocycles. The molecule has 0 aliphatic rings. The van der Waals surface area contributed by atoms with Crippen molar-refractivity contribution in [2.24, 2.45) is 0 Å². The fraction of sp³-hybridized carbons (Fsp3) is 0.217. The van der Waals surface area contributed by atoms with Gasteiger partial charge in [-0.1, -0.05) is 24.3 Å². The van der Waals surface area contributed by atoms with Gasteiger partial charge in [0.15, 0.2) is 0 Å². The first-order chi connectivity index (χ1) is 14.2. The number of benzene rings is 2. The van der Waals surface area contributed by atoms with E-state index in [9.17, 15) is 19.2 Å². The monoisotopic (exact) mass is 410 g/mol. The largest absolute Gasteiger partial charge is 0.427 e. The number of ether oxygens (including phenoxy) is 3. The van der Waals surface area contributed by atoms with Crippen molar-refractivity contribution in [1.29, 1.82) is 0 Å². The first-order valence-electron chi connectivity index (χ1n) is 9.21. The number of esters is 3. The molecule has 7 heteroatoms. The van der Waals surface area contributed by atoms with Crippen molar-refractivity contribution in [3.63, 3.8) is 0 Å². The van der Waals surface area contributed by atoms with Gasteiger partial charge >= 0.3 is 17.9 Å². The van der Waals surface area contributed by atoms with Crippen LogP contribution in [0.1, 0.15) is 44.7 Å². The van der Waals surface area contributed by atoms with Crippen LogP contribution in [-0.4, -0.2) is 23.7 Å². The molecule has 0 spiro atoms. The number of hydrogen-bond donors (Lipinski definition) is 0. The van der Waals surface area contributed by atoms with Gasteiger partial charge in [0, 0.05) is 26.3 Å². The predicted molar refractivity (Wildman–Crippen MR) is 110 cm³/mol. The van der Waals surface area contributed by atoms with Gasteiger partial charge in [-0.15, -0.1) is 0 Å². The molecule has 0 saturated carbocycles. The van der Waals surface area contributed by atoms with Crippen LogP contribution in [0.25, 0.3) is 12.2 Å². The average Bonchev–Trinajstić information content (AvgIpc) is 2.65. The Morgan fingerprint density at radius 2 is 1.20 bits per heavy atom. The molecule has 0 aromatic heterocycles. The summed E-state index contributed by atoms with van der Waals surface area (Å²) >= 11 is 0. The maximum absolute atomic E-state index is 11.9. The van der Waals surface area contributed by atoms with Gasteiger partial charge in [0.2, 0.25) is 0 Å². The van der Waals surface area contributed by atoms with Gasteiger partial charge in [0.25, 0.3) is 0 Å². The predicted octanol–water partition coefficient (Wildman–Crippen LogP) is 3.98. The topological polar surface area (TPSA) is 96.0 Å². The molecule has 2 aromatic rings. The lowest BCUT2D eigenvalue weighted by Gasteiger charge is -2.08. The highest BCUT2D eigenvalue weighted by Gasteiger charge is 2.10. The van der Waals surface area contributed by atoms with Crippen LogP contribution in [0.5, 0.6) is 17.2 Å². The maximum atomic E-state index is 11.9. The Balaban J connectivity index is 2.19. The second kappa shape index (κ2) is 10.7. The third-order valence-corrected chi connectivity index (χ3v) is 3.69.